The first-order chi connectivity index (χ1) is 26.3. The Morgan fingerprint density at radius 1 is 0.453 bits per heavy atom. The molecule has 0 spiro atoms. The Balaban J connectivity index is 1.06. The minimum Gasteiger partial charge on any atom is -0.456 e. The smallest absolute Gasteiger partial charge is 0.137 e. The Hall–Kier alpha value is -6.75. The normalized spacial score (nSPS) is 11.8. The van der Waals surface area contributed by atoms with Gasteiger partial charge in [-0.3, -0.25) is 0 Å². The zero-order valence-corrected chi connectivity index (χ0v) is 29.3. The molecule has 0 N–H and O–H groups in total. The highest BCUT2D eigenvalue weighted by Crippen LogP contribution is 2.44. The van der Waals surface area contributed by atoms with Gasteiger partial charge >= 0.3 is 0 Å². The molecule has 11 aromatic rings. The van der Waals surface area contributed by atoms with Crippen LogP contribution in [0.5, 0.6) is 0 Å². The average Bonchev–Trinajstić information content (AvgIpc) is 3.80. The number of anilines is 3. The van der Waals surface area contributed by atoms with E-state index in [0.29, 0.717) is 0 Å². The Morgan fingerprint density at radius 2 is 1.11 bits per heavy atom. The average molecular weight is 695 g/mol. The molecule has 3 nitrogen and oxygen atoms in total. The van der Waals surface area contributed by atoms with Crippen LogP contribution in [-0.2, 0) is 0 Å². The zero-order valence-electron chi connectivity index (χ0n) is 28.5. The van der Waals surface area contributed by atoms with E-state index < -0.39 is 0 Å². The molecule has 4 heteroatoms. The predicted octanol–water partition coefficient (Wildman–Crippen LogP) is 14.5. The minimum atomic E-state index is 0.871. The van der Waals surface area contributed by atoms with Crippen molar-refractivity contribution in [3.8, 4) is 22.3 Å². The number of benzene rings is 8. The number of hydrogen-bond acceptors (Lipinski definition) is 4. The molecule has 0 atom stereocenters. The molecule has 53 heavy (non-hydrogen) atoms. The summed E-state index contributed by atoms with van der Waals surface area (Å²) in [5.41, 5.74) is 9.75. The number of aromatic nitrogens is 1. The molecule has 8 aromatic carbocycles. The van der Waals surface area contributed by atoms with Crippen molar-refractivity contribution in [2.75, 3.05) is 4.90 Å². The van der Waals surface area contributed by atoms with E-state index in [4.69, 9.17) is 4.42 Å². The van der Waals surface area contributed by atoms with Crippen LogP contribution in [0, 0.1) is 0 Å². The van der Waals surface area contributed by atoms with Gasteiger partial charge in [0.1, 0.15) is 16.0 Å². The Kier molecular flexibility index (Phi) is 6.73. The molecule has 0 saturated heterocycles. The second-order valence-corrected chi connectivity index (χ2v) is 14.6. The third-order valence-electron chi connectivity index (χ3n) is 10.5. The van der Waals surface area contributed by atoms with Crippen LogP contribution in [0.1, 0.15) is 0 Å². The van der Waals surface area contributed by atoms with Crippen molar-refractivity contribution in [1.29, 1.82) is 0 Å². The van der Waals surface area contributed by atoms with Gasteiger partial charge in [0.2, 0.25) is 0 Å². The van der Waals surface area contributed by atoms with E-state index in [1.54, 1.807) is 11.3 Å². The maximum Gasteiger partial charge on any atom is 0.137 e. The van der Waals surface area contributed by atoms with E-state index in [-0.39, 0.29) is 0 Å². The first-order valence-corrected chi connectivity index (χ1v) is 18.7. The molecule has 11 rings (SSSR count). The SMILES string of the molecule is c1ccc2c(c1)cc(-c1ccc(N(c3ccc(-c4ccc5sc6ncccc6c5c4)cc3)c3cccc4oc5ccccc5c34)cc1)c1ccccc12. The minimum absolute atomic E-state index is 0.871. The number of thiophene rings is 1. The number of nitrogens with zero attached hydrogens (tertiary/aromatic N) is 2. The third kappa shape index (κ3) is 4.84. The number of fused-ring (bicyclic) bond motifs is 9. The van der Waals surface area contributed by atoms with E-state index in [1.807, 2.05) is 24.4 Å². The molecular weight excluding hydrogens is 665 g/mol. The summed E-state index contributed by atoms with van der Waals surface area (Å²) in [5, 5.41) is 9.70. The van der Waals surface area contributed by atoms with Crippen molar-refractivity contribution in [3.63, 3.8) is 0 Å². The topological polar surface area (TPSA) is 29.3 Å². The summed E-state index contributed by atoms with van der Waals surface area (Å²) >= 11 is 1.74. The van der Waals surface area contributed by atoms with Gasteiger partial charge in [0.05, 0.1) is 11.1 Å². The second kappa shape index (κ2) is 11.9. The fourth-order valence-electron chi connectivity index (χ4n) is 8.05. The molecule has 0 aliphatic heterocycles. The van der Waals surface area contributed by atoms with E-state index in [9.17, 15) is 0 Å². The molecule has 0 fully saturated rings. The van der Waals surface area contributed by atoms with E-state index >= 15 is 0 Å². The molecular formula is C49H30N2OS. The summed E-state index contributed by atoms with van der Waals surface area (Å²) in [6.07, 6.45) is 1.87. The van der Waals surface area contributed by atoms with Crippen molar-refractivity contribution < 1.29 is 4.42 Å². The molecule has 248 valence electrons. The highest BCUT2D eigenvalue weighted by molar-refractivity contribution is 7.25. The van der Waals surface area contributed by atoms with Crippen LogP contribution in [-0.4, -0.2) is 4.98 Å². The summed E-state index contributed by atoms with van der Waals surface area (Å²) < 4.78 is 7.63. The van der Waals surface area contributed by atoms with Gasteiger partial charge in [-0.2, -0.15) is 0 Å². The van der Waals surface area contributed by atoms with Crippen molar-refractivity contribution in [2.45, 2.75) is 0 Å². The molecule has 0 bridgehead atoms. The number of furan rings is 1. The van der Waals surface area contributed by atoms with Crippen LogP contribution in [0.2, 0.25) is 0 Å². The van der Waals surface area contributed by atoms with Gasteiger partial charge in [0.15, 0.2) is 0 Å². The first-order valence-electron chi connectivity index (χ1n) is 17.9. The van der Waals surface area contributed by atoms with Crippen LogP contribution in [0.3, 0.4) is 0 Å². The lowest BCUT2D eigenvalue weighted by molar-refractivity contribution is 0.669. The lowest BCUT2D eigenvalue weighted by Crippen LogP contribution is -2.10. The van der Waals surface area contributed by atoms with Crippen molar-refractivity contribution in [1.82, 2.24) is 4.98 Å². The highest BCUT2D eigenvalue weighted by atomic mass is 32.1. The van der Waals surface area contributed by atoms with Crippen LogP contribution >= 0.6 is 11.3 Å². The first kappa shape index (κ1) is 29.9. The molecule has 3 heterocycles. The summed E-state index contributed by atoms with van der Waals surface area (Å²) in [4.78, 5) is 8.03. The molecule has 0 saturated carbocycles. The molecule has 0 aliphatic carbocycles. The molecule has 0 amide bonds. The van der Waals surface area contributed by atoms with Crippen LogP contribution < -0.4 is 4.90 Å². The maximum atomic E-state index is 6.37. The van der Waals surface area contributed by atoms with E-state index in [2.05, 4.69) is 168 Å². The molecule has 3 aromatic heterocycles. The second-order valence-electron chi connectivity index (χ2n) is 13.5. The lowest BCUT2D eigenvalue weighted by atomic mass is 9.93. The van der Waals surface area contributed by atoms with Gasteiger partial charge in [-0.05, 0) is 117 Å². The highest BCUT2D eigenvalue weighted by Gasteiger charge is 2.20. The van der Waals surface area contributed by atoms with E-state index in [1.165, 1.54) is 59.3 Å². The van der Waals surface area contributed by atoms with Crippen molar-refractivity contribution in [3.05, 3.63) is 182 Å². The fourth-order valence-corrected chi connectivity index (χ4v) is 9.07. The predicted molar refractivity (Wildman–Crippen MR) is 225 cm³/mol. The summed E-state index contributed by atoms with van der Waals surface area (Å²) in [6.45, 7) is 0. The Labute approximate surface area is 309 Å². The van der Waals surface area contributed by atoms with Gasteiger partial charge in [-0.25, -0.2) is 4.98 Å². The largest absolute Gasteiger partial charge is 0.456 e. The van der Waals surface area contributed by atoms with Gasteiger partial charge in [0.25, 0.3) is 0 Å². The van der Waals surface area contributed by atoms with Crippen LogP contribution in [0.15, 0.2) is 187 Å². The monoisotopic (exact) mass is 694 g/mol. The van der Waals surface area contributed by atoms with E-state index in [0.717, 1.165) is 43.8 Å². The maximum absolute atomic E-state index is 6.37. The molecule has 0 aliphatic rings. The number of hydrogen-bond donors (Lipinski definition) is 0. The number of para-hydroxylation sites is 1. The van der Waals surface area contributed by atoms with Crippen molar-refractivity contribution >= 4 is 92.2 Å². The van der Waals surface area contributed by atoms with Gasteiger partial charge in [0, 0.05) is 38.4 Å². The van der Waals surface area contributed by atoms with Crippen molar-refractivity contribution in [2.24, 2.45) is 0 Å². The standard InChI is InChI=1S/C49H30N2OS/c1-2-10-37-34(9-1)30-42(39-12-4-3-11-38(37)39)32-20-25-36(26-21-32)51(44-15-7-17-46-48(44)41-13-5-6-16-45(41)52-46)35-23-18-31(19-24-35)33-22-27-47-43(29-33)40-14-8-28-50-49(40)53-47/h1-30H. The number of pyridine rings is 1. The summed E-state index contributed by atoms with van der Waals surface area (Å²) in [5.74, 6) is 0. The van der Waals surface area contributed by atoms with Gasteiger partial charge in [-0.1, -0.05) is 103 Å². The van der Waals surface area contributed by atoms with Gasteiger partial charge < -0.3 is 9.32 Å². The van der Waals surface area contributed by atoms with Gasteiger partial charge in [-0.15, -0.1) is 11.3 Å². The van der Waals surface area contributed by atoms with Crippen LogP contribution in [0.4, 0.5) is 17.1 Å². The quantitative estimate of drug-likeness (QED) is 0.168. The third-order valence-corrected chi connectivity index (χ3v) is 11.6. The lowest BCUT2D eigenvalue weighted by Gasteiger charge is -2.27. The fraction of sp³-hybridized carbons (Fsp3) is 0. The number of rotatable bonds is 5. The van der Waals surface area contributed by atoms with Crippen LogP contribution in [0.25, 0.3) is 86.0 Å². The summed E-state index contributed by atoms with van der Waals surface area (Å²) in [7, 11) is 0. The zero-order chi connectivity index (χ0) is 34.9. The Morgan fingerprint density at radius 3 is 1.94 bits per heavy atom. The molecule has 0 radical (unpaired) electrons. The molecule has 0 unspecified atom stereocenters. The summed E-state index contributed by atoms with van der Waals surface area (Å²) in [6, 6.07) is 63.3. The Bertz CT molecular complexity index is 3170.